The number of aromatic nitrogens is 3. The number of rotatable bonds is 10. The van der Waals surface area contributed by atoms with Crippen LogP contribution >= 0.6 is 0 Å². The van der Waals surface area contributed by atoms with Crippen LogP contribution in [0.15, 0.2) is 48.7 Å². The van der Waals surface area contributed by atoms with Crippen molar-refractivity contribution in [1.29, 1.82) is 0 Å². The maximum absolute atomic E-state index is 14.8. The highest BCUT2D eigenvalue weighted by Crippen LogP contribution is 2.60. The first-order chi connectivity index (χ1) is 22.0. The van der Waals surface area contributed by atoms with Crippen LogP contribution in [0.4, 0.5) is 17.1 Å². The zero-order valence-electron chi connectivity index (χ0n) is 26.4. The summed E-state index contributed by atoms with van der Waals surface area (Å²) >= 11 is 0. The molecule has 2 aromatic carbocycles. The van der Waals surface area contributed by atoms with Crippen LogP contribution in [0.25, 0.3) is 0 Å². The van der Waals surface area contributed by atoms with Gasteiger partial charge in [0.2, 0.25) is 11.8 Å². The van der Waals surface area contributed by atoms with Crippen LogP contribution < -0.4 is 14.7 Å². The van der Waals surface area contributed by atoms with E-state index in [0.29, 0.717) is 57.6 Å². The minimum absolute atomic E-state index is 0.0118. The zero-order chi connectivity index (χ0) is 32.4. The number of amides is 3. The van der Waals surface area contributed by atoms with Gasteiger partial charge < -0.3 is 29.3 Å². The van der Waals surface area contributed by atoms with Crippen molar-refractivity contribution in [2.24, 2.45) is 5.92 Å². The minimum atomic E-state index is -2.87. The molecule has 0 saturated carbocycles. The monoisotopic (exact) mass is 644 g/mol. The lowest BCUT2D eigenvalue weighted by molar-refractivity contribution is -0.146. The summed E-state index contributed by atoms with van der Waals surface area (Å²) in [6.07, 6.45) is 3.37. The van der Waals surface area contributed by atoms with Crippen LogP contribution in [0.5, 0.6) is 0 Å². The van der Waals surface area contributed by atoms with Gasteiger partial charge in [-0.2, -0.15) is 0 Å². The topological polar surface area (TPSA) is 141 Å². The largest absolute Gasteiger partial charge is 0.432 e. The van der Waals surface area contributed by atoms with Gasteiger partial charge in [-0.3, -0.25) is 19.1 Å². The van der Waals surface area contributed by atoms with E-state index in [2.05, 4.69) is 10.3 Å². The first-order valence-corrected chi connectivity index (χ1v) is 19.1. The van der Waals surface area contributed by atoms with Crippen molar-refractivity contribution in [3.05, 3.63) is 65.5 Å². The van der Waals surface area contributed by atoms with Crippen molar-refractivity contribution in [3.63, 3.8) is 0 Å². The Hall–Kier alpha value is -3.91. The maximum atomic E-state index is 14.8. The van der Waals surface area contributed by atoms with E-state index in [0.717, 1.165) is 28.2 Å². The normalized spacial score (nSPS) is 25.8. The SMILES string of the molecule is C[C@H]1[C@H]([Si](C)(C)O)[C@@H](CCn2cc(CCO)nn2)O[C@]12C(=O)N(Cc1ccc(N3CCC3=O)cc1)c1ccc(N3CCC3=O)cc12. The van der Waals surface area contributed by atoms with Crippen molar-refractivity contribution in [1.82, 2.24) is 15.0 Å². The molecule has 46 heavy (non-hydrogen) atoms. The van der Waals surface area contributed by atoms with Gasteiger partial charge in [-0.1, -0.05) is 24.3 Å². The predicted octanol–water partition coefficient (Wildman–Crippen LogP) is 2.72. The summed E-state index contributed by atoms with van der Waals surface area (Å²) < 4.78 is 8.69. The second-order valence-electron chi connectivity index (χ2n) is 13.4. The molecule has 1 aromatic heterocycles. The number of carbonyl (C=O) groups excluding carboxylic acids is 3. The van der Waals surface area contributed by atoms with Crippen LogP contribution in [0, 0.1) is 5.92 Å². The molecule has 5 heterocycles. The zero-order valence-corrected chi connectivity index (χ0v) is 27.4. The molecule has 3 amide bonds. The molecule has 0 radical (unpaired) electrons. The Morgan fingerprint density at radius 2 is 1.67 bits per heavy atom. The number of aliphatic hydroxyl groups excluding tert-OH is 1. The second kappa shape index (κ2) is 11.4. The lowest BCUT2D eigenvalue weighted by Crippen LogP contribution is -2.46. The molecule has 13 heteroatoms. The molecule has 0 unspecified atom stereocenters. The molecule has 3 saturated heterocycles. The van der Waals surface area contributed by atoms with Crippen LogP contribution in [-0.2, 0) is 44.2 Å². The smallest absolute Gasteiger partial charge is 0.264 e. The van der Waals surface area contributed by atoms with Gasteiger partial charge in [-0.05, 0) is 55.4 Å². The van der Waals surface area contributed by atoms with E-state index in [1.54, 1.807) is 25.6 Å². The molecule has 4 atom stereocenters. The second-order valence-corrected chi connectivity index (χ2v) is 17.4. The number of fused-ring (bicyclic) bond motifs is 2. The van der Waals surface area contributed by atoms with E-state index in [-0.39, 0.29) is 35.8 Å². The van der Waals surface area contributed by atoms with Gasteiger partial charge in [0.25, 0.3) is 5.91 Å². The molecule has 0 bridgehead atoms. The quantitative estimate of drug-likeness (QED) is 0.254. The summed E-state index contributed by atoms with van der Waals surface area (Å²) in [6.45, 7) is 7.92. The van der Waals surface area contributed by atoms with Gasteiger partial charge in [-0.15, -0.1) is 5.10 Å². The molecule has 4 aliphatic heterocycles. The Bertz CT molecular complexity index is 1690. The average molecular weight is 645 g/mol. The molecule has 3 fully saturated rings. The average Bonchev–Trinajstić information content (AvgIpc) is 3.65. The summed E-state index contributed by atoms with van der Waals surface area (Å²) in [5, 5.41) is 17.6. The lowest BCUT2D eigenvalue weighted by atomic mass is 9.82. The Kier molecular flexibility index (Phi) is 7.62. The molecule has 242 valence electrons. The Balaban J connectivity index is 1.24. The fourth-order valence-corrected chi connectivity index (χ4v) is 10.3. The molecule has 1 spiro atoms. The highest BCUT2D eigenvalue weighted by molar-refractivity contribution is 6.71. The first-order valence-electron chi connectivity index (χ1n) is 16.1. The van der Waals surface area contributed by atoms with Crippen molar-refractivity contribution in [2.45, 2.75) is 76.0 Å². The number of ether oxygens (including phenoxy) is 1. The third kappa shape index (κ3) is 4.96. The standard InChI is InChI=1S/C33H40N6O6Si/c1-21-31(46(2,3)44)28(10-14-36-20-23(13-17-40)34-35-36)45-33(21)26-18-25(38-16-12-30(38)42)8-9-27(26)39(32(33)43)19-22-4-6-24(7-5-22)37-15-11-29(37)41/h4-9,18,20-21,28,31,40,44H,10-17,19H2,1-3H3/t21-,28+,31-,33+/m0/s1. The van der Waals surface area contributed by atoms with E-state index >= 15 is 0 Å². The van der Waals surface area contributed by atoms with E-state index in [4.69, 9.17) is 4.74 Å². The molecule has 0 aliphatic carbocycles. The summed E-state index contributed by atoms with van der Waals surface area (Å²) in [4.78, 5) is 56.1. The molecule has 7 rings (SSSR count). The number of carbonyl (C=O) groups is 3. The molecular formula is C33H40N6O6Si. The van der Waals surface area contributed by atoms with Gasteiger partial charge in [0.1, 0.15) is 0 Å². The Morgan fingerprint density at radius 3 is 2.28 bits per heavy atom. The van der Waals surface area contributed by atoms with E-state index in [1.807, 2.05) is 62.5 Å². The third-order valence-corrected chi connectivity index (χ3v) is 12.7. The van der Waals surface area contributed by atoms with Crippen molar-refractivity contribution in [3.8, 4) is 0 Å². The van der Waals surface area contributed by atoms with Crippen molar-refractivity contribution in [2.75, 3.05) is 34.4 Å². The highest BCUT2D eigenvalue weighted by Gasteiger charge is 2.66. The minimum Gasteiger partial charge on any atom is -0.432 e. The number of β-lactam (4-membered cyclic amide) rings is 2. The van der Waals surface area contributed by atoms with Crippen LogP contribution in [0.3, 0.4) is 0 Å². The van der Waals surface area contributed by atoms with Crippen molar-refractivity contribution < 1.29 is 29.0 Å². The van der Waals surface area contributed by atoms with E-state index in [9.17, 15) is 24.3 Å². The molecule has 12 nitrogen and oxygen atoms in total. The van der Waals surface area contributed by atoms with Gasteiger partial charge in [0.15, 0.2) is 13.9 Å². The fraction of sp³-hybridized carbons (Fsp3) is 0.485. The highest BCUT2D eigenvalue weighted by atomic mass is 28.4. The van der Waals surface area contributed by atoms with Gasteiger partial charge in [-0.25, -0.2) is 0 Å². The van der Waals surface area contributed by atoms with Gasteiger partial charge in [0, 0.05) is 80.1 Å². The number of aryl methyl sites for hydroxylation is 1. The Labute approximate surface area is 268 Å². The number of hydrogen-bond acceptors (Lipinski definition) is 8. The van der Waals surface area contributed by atoms with E-state index in [1.165, 1.54) is 0 Å². The maximum Gasteiger partial charge on any atom is 0.264 e. The number of nitrogens with zero attached hydrogens (tertiary/aromatic N) is 6. The summed E-state index contributed by atoms with van der Waals surface area (Å²) in [5.41, 5.74) is 3.06. The van der Waals surface area contributed by atoms with Crippen LogP contribution in [-0.4, -0.2) is 76.7 Å². The van der Waals surface area contributed by atoms with Crippen LogP contribution in [0.2, 0.25) is 18.6 Å². The third-order valence-electron chi connectivity index (χ3n) is 10.2. The summed E-state index contributed by atoms with van der Waals surface area (Å²) in [6, 6.07) is 13.5. The van der Waals surface area contributed by atoms with Crippen LogP contribution in [0.1, 0.15) is 43.0 Å². The molecule has 3 aromatic rings. The van der Waals surface area contributed by atoms with E-state index < -0.39 is 20.0 Å². The number of benzene rings is 2. The molecular weight excluding hydrogens is 604 g/mol. The summed E-state index contributed by atoms with van der Waals surface area (Å²) in [5.74, 6) is -0.371. The van der Waals surface area contributed by atoms with Crippen molar-refractivity contribution >= 4 is 43.1 Å². The van der Waals surface area contributed by atoms with Gasteiger partial charge in [0.05, 0.1) is 24.0 Å². The Morgan fingerprint density at radius 1 is 1.00 bits per heavy atom. The lowest BCUT2D eigenvalue weighted by Gasteiger charge is -2.33. The molecule has 2 N–H and O–H groups in total. The number of hydrogen-bond donors (Lipinski definition) is 2. The number of anilines is 3. The van der Waals surface area contributed by atoms with Gasteiger partial charge >= 0.3 is 0 Å². The molecule has 4 aliphatic rings. The predicted molar refractivity (Wildman–Crippen MR) is 173 cm³/mol. The fourth-order valence-electron chi connectivity index (χ4n) is 7.74. The first kappa shape index (κ1) is 30.7. The summed E-state index contributed by atoms with van der Waals surface area (Å²) in [7, 11) is -2.87. The number of aliphatic hydroxyl groups is 1.